The van der Waals surface area contributed by atoms with Crippen molar-refractivity contribution in [1.82, 2.24) is 9.59 Å². The summed E-state index contributed by atoms with van der Waals surface area (Å²) in [6.07, 6.45) is 0. The Hall–Kier alpha value is -1.13. The van der Waals surface area contributed by atoms with Crippen LogP contribution in [0.25, 0.3) is 0 Å². The quantitative estimate of drug-likeness (QED) is 0.842. The second-order valence-electron chi connectivity index (χ2n) is 3.50. The highest BCUT2D eigenvalue weighted by Gasteiger charge is 2.08. The number of ether oxygens (including phenoxy) is 1. The number of para-hydroxylation sites is 1. The van der Waals surface area contributed by atoms with Crippen molar-refractivity contribution in [2.75, 3.05) is 0 Å². The first-order chi connectivity index (χ1) is 7.68. The molecule has 1 aromatic carbocycles. The predicted octanol–water partition coefficient (Wildman–Crippen LogP) is 3.39. The number of hydrogen-bond donors (Lipinski definition) is 0. The molecule has 0 aliphatic carbocycles. The van der Waals surface area contributed by atoms with Crippen molar-refractivity contribution in [3.63, 3.8) is 0 Å². The molecule has 0 amide bonds. The molecule has 0 spiro atoms. The van der Waals surface area contributed by atoms with Crippen LogP contribution in [0.15, 0.2) is 18.2 Å². The zero-order chi connectivity index (χ0) is 11.5. The van der Waals surface area contributed by atoms with Gasteiger partial charge in [0.15, 0.2) is 0 Å². The highest BCUT2D eigenvalue weighted by molar-refractivity contribution is 7.10. The van der Waals surface area contributed by atoms with Crippen LogP contribution in [0.4, 0.5) is 0 Å². The lowest BCUT2D eigenvalue weighted by molar-refractivity contribution is 0.297. The van der Waals surface area contributed by atoms with Crippen molar-refractivity contribution < 1.29 is 4.74 Å². The Balaban J connectivity index is 2.14. The molecule has 2 rings (SSSR count). The number of aryl methyl sites for hydroxylation is 2. The van der Waals surface area contributed by atoms with Crippen LogP contribution in [-0.4, -0.2) is 9.59 Å². The molecular weight excluding hydrogens is 244 g/mol. The number of aromatic nitrogens is 2. The summed E-state index contributed by atoms with van der Waals surface area (Å²) in [5.74, 6) is 0.895. The third-order valence-corrected chi connectivity index (χ3v) is 3.26. The molecule has 0 atom stereocenters. The average Bonchev–Trinajstić information content (AvgIpc) is 2.64. The van der Waals surface area contributed by atoms with E-state index in [0.717, 1.165) is 16.9 Å². The second kappa shape index (κ2) is 4.80. The van der Waals surface area contributed by atoms with Crippen molar-refractivity contribution in [2.45, 2.75) is 20.5 Å². The third kappa shape index (κ3) is 2.33. The molecule has 5 heteroatoms. The average molecular weight is 255 g/mol. The zero-order valence-corrected chi connectivity index (χ0v) is 10.6. The molecule has 16 heavy (non-hydrogen) atoms. The lowest BCUT2D eigenvalue weighted by atomic mass is 10.1. The molecule has 0 aliphatic heterocycles. The van der Waals surface area contributed by atoms with E-state index in [4.69, 9.17) is 16.3 Å². The van der Waals surface area contributed by atoms with Gasteiger partial charge in [-0.15, -0.1) is 5.10 Å². The lowest BCUT2D eigenvalue weighted by Crippen LogP contribution is -1.99. The van der Waals surface area contributed by atoms with E-state index in [1.165, 1.54) is 11.5 Å². The second-order valence-corrected chi connectivity index (χ2v) is 4.86. The van der Waals surface area contributed by atoms with E-state index >= 15 is 0 Å². The molecule has 3 nitrogen and oxygen atoms in total. The highest BCUT2D eigenvalue weighted by atomic mass is 35.5. The fourth-order valence-corrected chi connectivity index (χ4v) is 2.05. The Labute approximate surface area is 103 Å². The normalized spacial score (nSPS) is 10.4. The van der Waals surface area contributed by atoms with E-state index in [9.17, 15) is 0 Å². The van der Waals surface area contributed by atoms with Crippen LogP contribution in [0.2, 0.25) is 4.34 Å². The van der Waals surface area contributed by atoms with E-state index in [0.29, 0.717) is 16.6 Å². The standard InChI is InChI=1S/C11H11ClN2OS/c1-7-4-3-5-8(2)10(7)15-6-9-11(12)16-14-13-9/h3-5H,6H2,1-2H3. The molecule has 0 aliphatic rings. The van der Waals surface area contributed by atoms with Crippen LogP contribution in [-0.2, 0) is 6.61 Å². The van der Waals surface area contributed by atoms with Crippen LogP contribution in [0.5, 0.6) is 5.75 Å². The fourth-order valence-electron chi connectivity index (χ4n) is 1.45. The minimum absolute atomic E-state index is 0.362. The number of hydrogen-bond acceptors (Lipinski definition) is 4. The van der Waals surface area contributed by atoms with Crippen molar-refractivity contribution >= 4 is 23.1 Å². The van der Waals surface area contributed by atoms with E-state index < -0.39 is 0 Å². The van der Waals surface area contributed by atoms with E-state index in [2.05, 4.69) is 9.59 Å². The monoisotopic (exact) mass is 254 g/mol. The summed E-state index contributed by atoms with van der Waals surface area (Å²) in [5.41, 5.74) is 2.91. The fraction of sp³-hybridized carbons (Fsp3) is 0.273. The number of nitrogens with zero attached hydrogens (tertiary/aromatic N) is 2. The maximum absolute atomic E-state index is 5.90. The first-order valence-electron chi connectivity index (χ1n) is 4.84. The van der Waals surface area contributed by atoms with Gasteiger partial charge in [0.25, 0.3) is 0 Å². The van der Waals surface area contributed by atoms with Crippen LogP contribution in [0.1, 0.15) is 16.8 Å². The van der Waals surface area contributed by atoms with Crippen molar-refractivity contribution in [2.24, 2.45) is 0 Å². The van der Waals surface area contributed by atoms with Gasteiger partial charge in [0.2, 0.25) is 0 Å². The maximum Gasteiger partial charge on any atom is 0.141 e. The van der Waals surface area contributed by atoms with Gasteiger partial charge in [-0.25, -0.2) is 0 Å². The summed E-state index contributed by atoms with van der Waals surface area (Å²) in [4.78, 5) is 0. The molecular formula is C11H11ClN2OS. The number of halogens is 1. The van der Waals surface area contributed by atoms with Crippen LogP contribution in [0.3, 0.4) is 0 Å². The number of rotatable bonds is 3. The van der Waals surface area contributed by atoms with Gasteiger partial charge in [-0.05, 0) is 25.0 Å². The van der Waals surface area contributed by atoms with Crippen LogP contribution >= 0.6 is 23.1 Å². The minimum atomic E-state index is 0.362. The Morgan fingerprint density at radius 3 is 2.56 bits per heavy atom. The van der Waals surface area contributed by atoms with Gasteiger partial charge in [-0.2, -0.15) is 0 Å². The molecule has 0 bridgehead atoms. The molecule has 0 unspecified atom stereocenters. The lowest BCUT2D eigenvalue weighted by Gasteiger charge is -2.10. The third-order valence-electron chi connectivity index (χ3n) is 2.27. The van der Waals surface area contributed by atoms with E-state index in [1.807, 2.05) is 32.0 Å². The Morgan fingerprint density at radius 2 is 2.00 bits per heavy atom. The van der Waals surface area contributed by atoms with E-state index in [-0.39, 0.29) is 0 Å². The Bertz CT molecular complexity index is 478. The highest BCUT2D eigenvalue weighted by Crippen LogP contribution is 2.25. The molecule has 1 aromatic heterocycles. The Kier molecular flexibility index (Phi) is 3.41. The van der Waals surface area contributed by atoms with E-state index in [1.54, 1.807) is 0 Å². The molecule has 0 N–H and O–H groups in total. The maximum atomic E-state index is 5.90. The van der Waals surface area contributed by atoms with Crippen molar-refractivity contribution in [3.8, 4) is 5.75 Å². The van der Waals surface area contributed by atoms with Gasteiger partial charge in [0, 0.05) is 11.5 Å². The van der Waals surface area contributed by atoms with Gasteiger partial charge in [-0.3, -0.25) is 0 Å². The van der Waals surface area contributed by atoms with Crippen LogP contribution < -0.4 is 4.74 Å². The van der Waals surface area contributed by atoms with Crippen LogP contribution in [0, 0.1) is 13.8 Å². The molecule has 0 saturated heterocycles. The molecule has 0 fully saturated rings. The SMILES string of the molecule is Cc1cccc(C)c1OCc1nnsc1Cl. The van der Waals surface area contributed by atoms with Crippen molar-refractivity contribution in [3.05, 3.63) is 39.4 Å². The largest absolute Gasteiger partial charge is 0.487 e. The summed E-state index contributed by atoms with van der Waals surface area (Å²) < 4.78 is 10.1. The smallest absolute Gasteiger partial charge is 0.141 e. The van der Waals surface area contributed by atoms with Gasteiger partial charge < -0.3 is 4.74 Å². The first kappa shape index (κ1) is 11.4. The summed E-state index contributed by atoms with van der Waals surface area (Å²) in [7, 11) is 0. The topological polar surface area (TPSA) is 35.0 Å². The van der Waals surface area contributed by atoms with Gasteiger partial charge in [0.1, 0.15) is 22.4 Å². The predicted molar refractivity (Wildman–Crippen MR) is 65.2 cm³/mol. The summed E-state index contributed by atoms with van der Waals surface area (Å²) in [5, 5.41) is 3.90. The zero-order valence-electron chi connectivity index (χ0n) is 9.03. The van der Waals surface area contributed by atoms with Gasteiger partial charge >= 0.3 is 0 Å². The first-order valence-corrected chi connectivity index (χ1v) is 5.99. The number of benzene rings is 1. The molecule has 84 valence electrons. The molecule has 0 saturated carbocycles. The van der Waals surface area contributed by atoms with Gasteiger partial charge in [0.05, 0.1) is 0 Å². The molecule has 2 aromatic rings. The summed E-state index contributed by atoms with van der Waals surface area (Å²) >= 11 is 7.07. The van der Waals surface area contributed by atoms with Crippen molar-refractivity contribution in [1.29, 1.82) is 0 Å². The van der Waals surface area contributed by atoms with Gasteiger partial charge in [-0.1, -0.05) is 34.3 Å². The summed E-state index contributed by atoms with van der Waals surface area (Å²) in [6, 6.07) is 6.04. The molecule has 1 heterocycles. The molecule has 0 radical (unpaired) electrons. The Morgan fingerprint density at radius 1 is 1.31 bits per heavy atom. The minimum Gasteiger partial charge on any atom is -0.487 e. The summed E-state index contributed by atoms with van der Waals surface area (Å²) in [6.45, 7) is 4.40.